The Bertz CT molecular complexity index is 381. The van der Waals surface area contributed by atoms with E-state index in [-0.39, 0.29) is 18.5 Å². The van der Waals surface area contributed by atoms with Crippen molar-refractivity contribution in [1.29, 1.82) is 0 Å². The second kappa shape index (κ2) is 7.78. The number of nitrogens with zero attached hydrogens (tertiary/aromatic N) is 1. The van der Waals surface area contributed by atoms with Crippen molar-refractivity contribution in [3.63, 3.8) is 0 Å². The fourth-order valence-electron chi connectivity index (χ4n) is 2.56. The van der Waals surface area contributed by atoms with Crippen LogP contribution in [0.2, 0.25) is 0 Å². The first kappa shape index (κ1) is 16.4. The van der Waals surface area contributed by atoms with Gasteiger partial charge in [0.2, 0.25) is 0 Å². The molecule has 0 spiro atoms. The van der Waals surface area contributed by atoms with Crippen molar-refractivity contribution in [3.05, 3.63) is 0 Å². The number of aliphatic carboxylic acids is 1. The third kappa shape index (κ3) is 4.76. The number of carbonyl (C=O) groups is 2. The van der Waals surface area contributed by atoms with Crippen LogP contribution in [0.4, 0.5) is 4.79 Å². The van der Waals surface area contributed by atoms with Gasteiger partial charge in [0.1, 0.15) is 6.04 Å². The number of hydrogen-bond acceptors (Lipinski definition) is 2. The standard InChI is InChI=1S/C15H24N2O3/c1-4-7-13(14(18)19)16-15(20)17(10-11(2)3)12-8-5-6-9-12/h1,11-13H,5-10H2,2-3H3,(H,16,20)(H,18,19). The Morgan fingerprint density at radius 3 is 2.45 bits per heavy atom. The predicted octanol–water partition coefficient (Wildman–Crippen LogP) is 2.07. The normalized spacial score (nSPS) is 16.7. The van der Waals surface area contributed by atoms with Crippen LogP contribution in [0.3, 0.4) is 0 Å². The van der Waals surface area contributed by atoms with Crippen molar-refractivity contribution in [2.45, 2.75) is 58.0 Å². The third-order valence-electron chi connectivity index (χ3n) is 3.51. The molecular formula is C15H24N2O3. The molecule has 112 valence electrons. The molecule has 2 N–H and O–H groups in total. The third-order valence-corrected chi connectivity index (χ3v) is 3.51. The zero-order valence-corrected chi connectivity index (χ0v) is 12.3. The first-order valence-corrected chi connectivity index (χ1v) is 7.19. The summed E-state index contributed by atoms with van der Waals surface area (Å²) in [6.45, 7) is 4.73. The first-order valence-electron chi connectivity index (χ1n) is 7.19. The number of nitrogens with one attached hydrogen (secondary N) is 1. The van der Waals surface area contributed by atoms with E-state index in [1.165, 1.54) is 0 Å². The lowest BCUT2D eigenvalue weighted by Gasteiger charge is -2.31. The Morgan fingerprint density at radius 2 is 2.00 bits per heavy atom. The molecular weight excluding hydrogens is 256 g/mol. The zero-order valence-electron chi connectivity index (χ0n) is 12.3. The molecule has 0 aromatic rings. The number of urea groups is 1. The Labute approximate surface area is 120 Å². The molecule has 2 amide bonds. The average Bonchev–Trinajstić information content (AvgIpc) is 2.88. The lowest BCUT2D eigenvalue weighted by molar-refractivity contribution is -0.139. The van der Waals surface area contributed by atoms with E-state index >= 15 is 0 Å². The lowest BCUT2D eigenvalue weighted by atomic mass is 10.1. The molecule has 1 unspecified atom stereocenters. The van der Waals surface area contributed by atoms with Crippen molar-refractivity contribution >= 4 is 12.0 Å². The lowest BCUT2D eigenvalue weighted by Crippen LogP contribution is -2.51. The molecule has 0 heterocycles. The Hall–Kier alpha value is -1.70. The van der Waals surface area contributed by atoms with Crippen LogP contribution in [0.15, 0.2) is 0 Å². The van der Waals surface area contributed by atoms with Gasteiger partial charge in [-0.3, -0.25) is 0 Å². The fourth-order valence-corrected chi connectivity index (χ4v) is 2.56. The number of carbonyl (C=O) groups excluding carboxylic acids is 1. The van der Waals surface area contributed by atoms with Crippen molar-refractivity contribution < 1.29 is 14.7 Å². The van der Waals surface area contributed by atoms with Gasteiger partial charge in [-0.25, -0.2) is 9.59 Å². The number of carboxylic acid groups (broad SMARTS) is 1. The molecule has 20 heavy (non-hydrogen) atoms. The van der Waals surface area contributed by atoms with Crippen LogP contribution in [-0.2, 0) is 4.79 Å². The van der Waals surface area contributed by atoms with E-state index in [9.17, 15) is 9.59 Å². The highest BCUT2D eigenvalue weighted by Crippen LogP contribution is 2.24. The van der Waals surface area contributed by atoms with Crippen molar-refractivity contribution in [3.8, 4) is 12.3 Å². The Kier molecular flexibility index (Phi) is 6.37. The predicted molar refractivity (Wildman–Crippen MR) is 77.2 cm³/mol. The molecule has 1 rings (SSSR count). The van der Waals surface area contributed by atoms with Gasteiger partial charge in [-0.05, 0) is 18.8 Å². The highest BCUT2D eigenvalue weighted by Gasteiger charge is 2.29. The molecule has 1 aliphatic rings. The van der Waals surface area contributed by atoms with Crippen LogP contribution >= 0.6 is 0 Å². The van der Waals surface area contributed by atoms with E-state index in [4.69, 9.17) is 11.5 Å². The van der Waals surface area contributed by atoms with Gasteiger partial charge in [-0.15, -0.1) is 12.3 Å². The maximum atomic E-state index is 12.3. The topological polar surface area (TPSA) is 69.6 Å². The van der Waals surface area contributed by atoms with Crippen LogP contribution in [0, 0.1) is 18.3 Å². The summed E-state index contributed by atoms with van der Waals surface area (Å²) in [5.74, 6) is 1.54. The number of carboxylic acids is 1. The molecule has 0 radical (unpaired) electrons. The van der Waals surface area contributed by atoms with Gasteiger partial charge in [0, 0.05) is 19.0 Å². The number of hydrogen-bond donors (Lipinski definition) is 2. The van der Waals surface area contributed by atoms with Crippen LogP contribution in [0.1, 0.15) is 46.0 Å². The molecule has 0 saturated heterocycles. The smallest absolute Gasteiger partial charge is 0.327 e. The maximum Gasteiger partial charge on any atom is 0.327 e. The summed E-state index contributed by atoms with van der Waals surface area (Å²) in [7, 11) is 0. The molecule has 0 aliphatic heterocycles. The second-order valence-corrected chi connectivity index (χ2v) is 5.73. The fraction of sp³-hybridized carbons (Fsp3) is 0.733. The minimum atomic E-state index is -1.09. The van der Waals surface area contributed by atoms with Gasteiger partial charge < -0.3 is 15.3 Å². The van der Waals surface area contributed by atoms with Crippen LogP contribution in [0.5, 0.6) is 0 Å². The highest BCUT2D eigenvalue weighted by molar-refractivity contribution is 5.83. The molecule has 0 aromatic carbocycles. The minimum absolute atomic E-state index is 0.00125. The summed E-state index contributed by atoms with van der Waals surface area (Å²) in [4.78, 5) is 25.2. The molecule has 1 fully saturated rings. The molecule has 0 bridgehead atoms. The summed E-state index contributed by atoms with van der Waals surface area (Å²) in [5.41, 5.74) is 0. The van der Waals surface area contributed by atoms with Gasteiger partial charge in [0.15, 0.2) is 0 Å². The van der Waals surface area contributed by atoms with Crippen molar-refractivity contribution in [2.75, 3.05) is 6.54 Å². The summed E-state index contributed by atoms with van der Waals surface area (Å²) in [6.07, 6.45) is 9.38. The van der Waals surface area contributed by atoms with E-state index in [0.29, 0.717) is 12.5 Å². The van der Waals surface area contributed by atoms with E-state index in [2.05, 4.69) is 11.2 Å². The second-order valence-electron chi connectivity index (χ2n) is 5.73. The van der Waals surface area contributed by atoms with Crippen LogP contribution in [0.25, 0.3) is 0 Å². The number of rotatable bonds is 6. The summed E-state index contributed by atoms with van der Waals surface area (Å²) in [5, 5.41) is 11.6. The van der Waals surface area contributed by atoms with Gasteiger partial charge in [-0.1, -0.05) is 26.7 Å². The minimum Gasteiger partial charge on any atom is -0.480 e. The van der Waals surface area contributed by atoms with Gasteiger partial charge in [0.25, 0.3) is 0 Å². The first-order chi connectivity index (χ1) is 9.45. The molecule has 5 heteroatoms. The van der Waals surface area contributed by atoms with E-state index in [0.717, 1.165) is 25.7 Å². The van der Waals surface area contributed by atoms with Gasteiger partial charge >= 0.3 is 12.0 Å². The molecule has 5 nitrogen and oxygen atoms in total. The van der Waals surface area contributed by atoms with E-state index in [1.54, 1.807) is 4.90 Å². The van der Waals surface area contributed by atoms with Gasteiger partial charge in [0.05, 0.1) is 0 Å². The highest BCUT2D eigenvalue weighted by atomic mass is 16.4. The SMILES string of the molecule is C#CCC(NC(=O)N(CC(C)C)C1CCCC1)C(=O)O. The maximum absolute atomic E-state index is 12.3. The summed E-state index contributed by atoms with van der Waals surface area (Å²) < 4.78 is 0. The molecule has 1 aliphatic carbocycles. The molecule has 1 saturated carbocycles. The molecule has 1 atom stereocenters. The van der Waals surface area contributed by atoms with Crippen LogP contribution < -0.4 is 5.32 Å². The number of terminal acetylenes is 1. The number of amides is 2. The Morgan fingerprint density at radius 1 is 1.40 bits per heavy atom. The summed E-state index contributed by atoms with van der Waals surface area (Å²) >= 11 is 0. The van der Waals surface area contributed by atoms with Crippen molar-refractivity contribution in [2.24, 2.45) is 5.92 Å². The van der Waals surface area contributed by atoms with Crippen molar-refractivity contribution in [1.82, 2.24) is 10.2 Å². The Balaban J connectivity index is 2.71. The van der Waals surface area contributed by atoms with Crippen LogP contribution in [-0.4, -0.2) is 40.6 Å². The zero-order chi connectivity index (χ0) is 15.1. The molecule has 0 aromatic heterocycles. The van der Waals surface area contributed by atoms with E-state index in [1.807, 2.05) is 13.8 Å². The largest absolute Gasteiger partial charge is 0.480 e. The quantitative estimate of drug-likeness (QED) is 0.732. The van der Waals surface area contributed by atoms with Gasteiger partial charge in [-0.2, -0.15) is 0 Å². The summed E-state index contributed by atoms with van der Waals surface area (Å²) in [6, 6.07) is -1.10. The van der Waals surface area contributed by atoms with E-state index < -0.39 is 12.0 Å². The monoisotopic (exact) mass is 280 g/mol. The average molecular weight is 280 g/mol.